The van der Waals surface area contributed by atoms with Crippen molar-refractivity contribution in [1.29, 1.82) is 0 Å². The van der Waals surface area contributed by atoms with Crippen molar-refractivity contribution in [3.63, 3.8) is 0 Å². The number of sulfonamides is 1. The Bertz CT molecular complexity index is 538. The third kappa shape index (κ3) is 4.32. The zero-order chi connectivity index (χ0) is 15.5. The molecule has 1 aromatic rings. The zero-order valence-electron chi connectivity index (χ0n) is 13.5. The van der Waals surface area contributed by atoms with E-state index in [-0.39, 0.29) is 0 Å². The average molecular weight is 297 g/mol. The highest BCUT2D eigenvalue weighted by molar-refractivity contribution is 7.89. The molecule has 0 aliphatic heterocycles. The maximum absolute atomic E-state index is 12.9. The van der Waals surface area contributed by atoms with Crippen LogP contribution in [0, 0.1) is 25.7 Å². The first-order valence-electron chi connectivity index (χ1n) is 7.22. The number of hydrogen-bond acceptors (Lipinski definition) is 2. The molecule has 3 nitrogen and oxygen atoms in total. The van der Waals surface area contributed by atoms with Gasteiger partial charge in [-0.2, -0.15) is 4.31 Å². The minimum absolute atomic E-state index is 0.314. The molecule has 4 heteroatoms. The first kappa shape index (κ1) is 17.2. The molecule has 0 heterocycles. The maximum atomic E-state index is 12.9. The van der Waals surface area contributed by atoms with Crippen molar-refractivity contribution in [3.8, 4) is 0 Å². The van der Waals surface area contributed by atoms with E-state index in [0.717, 1.165) is 11.1 Å². The molecule has 0 atom stereocenters. The second-order valence-electron chi connectivity index (χ2n) is 6.38. The Balaban J connectivity index is 3.24. The molecule has 1 aromatic carbocycles. The maximum Gasteiger partial charge on any atom is 0.243 e. The van der Waals surface area contributed by atoms with Crippen LogP contribution >= 0.6 is 0 Å². The fourth-order valence-corrected chi connectivity index (χ4v) is 4.29. The second kappa shape index (κ2) is 6.72. The molecule has 0 aliphatic rings. The number of aryl methyl sites for hydroxylation is 2. The lowest BCUT2D eigenvalue weighted by molar-refractivity contribution is 0.333. The second-order valence-corrected chi connectivity index (χ2v) is 8.29. The molecule has 0 unspecified atom stereocenters. The Hall–Kier alpha value is -0.870. The SMILES string of the molecule is Cc1ccc(C)c(S(=O)(=O)N(CC(C)C)CC(C)C)c1. The van der Waals surface area contributed by atoms with Crippen molar-refractivity contribution in [3.05, 3.63) is 29.3 Å². The van der Waals surface area contributed by atoms with E-state index in [9.17, 15) is 8.42 Å². The van der Waals surface area contributed by atoms with Crippen LogP contribution in [0.1, 0.15) is 38.8 Å². The Morgan fingerprint density at radius 3 is 1.95 bits per heavy atom. The summed E-state index contributed by atoms with van der Waals surface area (Å²) in [5.74, 6) is 0.627. The van der Waals surface area contributed by atoms with Gasteiger partial charge in [0.15, 0.2) is 0 Å². The van der Waals surface area contributed by atoms with Gasteiger partial charge in [0, 0.05) is 13.1 Å². The van der Waals surface area contributed by atoms with E-state index in [4.69, 9.17) is 0 Å². The fourth-order valence-electron chi connectivity index (χ4n) is 2.21. The smallest absolute Gasteiger partial charge is 0.207 e. The van der Waals surface area contributed by atoms with E-state index in [1.807, 2.05) is 53.7 Å². The minimum Gasteiger partial charge on any atom is -0.207 e. The monoisotopic (exact) mass is 297 g/mol. The largest absolute Gasteiger partial charge is 0.243 e. The van der Waals surface area contributed by atoms with Crippen LogP contribution in [0.5, 0.6) is 0 Å². The Kier molecular flexibility index (Phi) is 5.78. The van der Waals surface area contributed by atoms with E-state index in [1.165, 1.54) is 0 Å². The number of nitrogens with zero attached hydrogens (tertiary/aromatic N) is 1. The van der Waals surface area contributed by atoms with Gasteiger partial charge in [-0.1, -0.05) is 39.8 Å². The summed E-state index contributed by atoms with van der Waals surface area (Å²) in [6.07, 6.45) is 0. The van der Waals surface area contributed by atoms with Gasteiger partial charge >= 0.3 is 0 Å². The molecule has 20 heavy (non-hydrogen) atoms. The minimum atomic E-state index is -3.41. The Morgan fingerprint density at radius 1 is 1.00 bits per heavy atom. The van der Waals surface area contributed by atoms with Crippen LogP contribution in [0.2, 0.25) is 0 Å². The van der Waals surface area contributed by atoms with E-state index in [0.29, 0.717) is 29.8 Å². The fraction of sp³-hybridized carbons (Fsp3) is 0.625. The summed E-state index contributed by atoms with van der Waals surface area (Å²) in [5.41, 5.74) is 1.79. The molecule has 114 valence electrons. The van der Waals surface area contributed by atoms with Crippen molar-refractivity contribution in [1.82, 2.24) is 4.31 Å². The Morgan fingerprint density at radius 2 is 1.50 bits per heavy atom. The summed E-state index contributed by atoms with van der Waals surface area (Å²) >= 11 is 0. The zero-order valence-corrected chi connectivity index (χ0v) is 14.3. The van der Waals surface area contributed by atoms with Gasteiger partial charge in [0.2, 0.25) is 10.0 Å². The topological polar surface area (TPSA) is 37.4 Å². The molecule has 0 spiro atoms. The van der Waals surface area contributed by atoms with Gasteiger partial charge < -0.3 is 0 Å². The van der Waals surface area contributed by atoms with E-state index < -0.39 is 10.0 Å². The number of hydrogen-bond donors (Lipinski definition) is 0. The molecule has 0 radical (unpaired) electrons. The summed E-state index contributed by atoms with van der Waals surface area (Å²) < 4.78 is 27.4. The van der Waals surface area contributed by atoms with Crippen LogP contribution in [0.25, 0.3) is 0 Å². The van der Waals surface area contributed by atoms with Gasteiger partial charge in [-0.3, -0.25) is 0 Å². The molecule has 0 bridgehead atoms. The third-order valence-electron chi connectivity index (χ3n) is 3.10. The third-order valence-corrected chi connectivity index (χ3v) is 5.07. The van der Waals surface area contributed by atoms with Gasteiger partial charge in [0.25, 0.3) is 0 Å². The summed E-state index contributed by atoms with van der Waals surface area (Å²) in [6, 6.07) is 5.60. The van der Waals surface area contributed by atoms with Crippen molar-refractivity contribution in [2.75, 3.05) is 13.1 Å². The first-order chi connectivity index (χ1) is 9.14. The Labute approximate surface area is 124 Å². The quantitative estimate of drug-likeness (QED) is 0.804. The van der Waals surface area contributed by atoms with Crippen LogP contribution in [-0.4, -0.2) is 25.8 Å². The summed E-state index contributed by atoms with van der Waals surface area (Å²) in [6.45, 7) is 13.1. The normalized spacial score (nSPS) is 12.7. The predicted octanol–water partition coefficient (Wildman–Crippen LogP) is 3.61. The van der Waals surface area contributed by atoms with Gasteiger partial charge in [-0.25, -0.2) is 8.42 Å². The standard InChI is InChI=1S/C16H27NO2S/c1-12(2)10-17(11-13(3)4)20(18,19)16-9-14(5)7-8-15(16)6/h7-9,12-13H,10-11H2,1-6H3. The van der Waals surface area contributed by atoms with Gasteiger partial charge in [-0.15, -0.1) is 0 Å². The molecule has 0 N–H and O–H groups in total. The van der Waals surface area contributed by atoms with E-state index >= 15 is 0 Å². The van der Waals surface area contributed by atoms with Crippen molar-refractivity contribution < 1.29 is 8.42 Å². The summed E-state index contributed by atoms with van der Waals surface area (Å²) in [7, 11) is -3.41. The lowest BCUT2D eigenvalue weighted by Crippen LogP contribution is -2.37. The first-order valence-corrected chi connectivity index (χ1v) is 8.66. The number of benzene rings is 1. The average Bonchev–Trinajstić information content (AvgIpc) is 2.30. The molecule has 1 rings (SSSR count). The highest BCUT2D eigenvalue weighted by Crippen LogP contribution is 2.23. The molecule has 0 saturated heterocycles. The van der Waals surface area contributed by atoms with Crippen LogP contribution in [0.4, 0.5) is 0 Å². The van der Waals surface area contributed by atoms with Gasteiger partial charge in [0.1, 0.15) is 0 Å². The van der Waals surface area contributed by atoms with Gasteiger partial charge in [0.05, 0.1) is 4.90 Å². The molecule has 0 saturated carbocycles. The molecular formula is C16H27NO2S. The predicted molar refractivity (Wildman–Crippen MR) is 84.4 cm³/mol. The highest BCUT2D eigenvalue weighted by atomic mass is 32.2. The molecule has 0 aromatic heterocycles. The summed E-state index contributed by atoms with van der Waals surface area (Å²) in [4.78, 5) is 0.443. The van der Waals surface area contributed by atoms with Crippen LogP contribution < -0.4 is 0 Å². The van der Waals surface area contributed by atoms with E-state index in [2.05, 4.69) is 0 Å². The molecular weight excluding hydrogens is 270 g/mol. The highest BCUT2D eigenvalue weighted by Gasteiger charge is 2.27. The van der Waals surface area contributed by atoms with Crippen molar-refractivity contribution >= 4 is 10.0 Å². The van der Waals surface area contributed by atoms with Crippen molar-refractivity contribution in [2.45, 2.75) is 46.4 Å². The molecule has 0 amide bonds. The van der Waals surface area contributed by atoms with Crippen LogP contribution in [0.3, 0.4) is 0 Å². The lowest BCUT2D eigenvalue weighted by atomic mass is 10.2. The van der Waals surface area contributed by atoms with E-state index in [1.54, 1.807) is 10.4 Å². The molecule has 0 fully saturated rings. The van der Waals surface area contributed by atoms with Crippen LogP contribution in [0.15, 0.2) is 23.1 Å². The lowest BCUT2D eigenvalue weighted by Gasteiger charge is -2.26. The van der Waals surface area contributed by atoms with Crippen LogP contribution in [-0.2, 0) is 10.0 Å². The number of rotatable bonds is 6. The van der Waals surface area contributed by atoms with Gasteiger partial charge in [-0.05, 0) is 42.9 Å². The summed E-state index contributed by atoms with van der Waals surface area (Å²) in [5, 5.41) is 0. The molecule has 0 aliphatic carbocycles. The van der Waals surface area contributed by atoms with Crippen molar-refractivity contribution in [2.24, 2.45) is 11.8 Å².